The van der Waals surface area contributed by atoms with Gasteiger partial charge < -0.3 is 23.5 Å². The number of imidazole rings is 1. The van der Waals surface area contributed by atoms with Crippen molar-refractivity contribution in [2.75, 3.05) is 40.5 Å². The van der Waals surface area contributed by atoms with Crippen LogP contribution in [-0.4, -0.2) is 60.6 Å². The molecular formula is C30H40FN3O4. The van der Waals surface area contributed by atoms with Crippen molar-refractivity contribution < 1.29 is 23.3 Å². The summed E-state index contributed by atoms with van der Waals surface area (Å²) in [7, 11) is 3.40. The van der Waals surface area contributed by atoms with Crippen LogP contribution >= 0.6 is 0 Å². The SMILES string of the molecule is CCc1nccn1CCCOc1cc(CN2CCC[C@@](COc3ccccc3F)(OC)CC2)ccc1OC. The van der Waals surface area contributed by atoms with E-state index < -0.39 is 5.60 Å². The predicted octanol–water partition coefficient (Wildman–Crippen LogP) is 5.51. The third-order valence-corrected chi connectivity index (χ3v) is 7.30. The molecule has 3 aromatic rings. The first-order valence-electron chi connectivity index (χ1n) is 13.5. The number of aromatic nitrogens is 2. The van der Waals surface area contributed by atoms with Gasteiger partial charge in [0.1, 0.15) is 18.0 Å². The molecule has 2 heterocycles. The molecule has 1 aliphatic rings. The lowest BCUT2D eigenvalue weighted by atomic mass is 9.95. The molecule has 8 heteroatoms. The molecule has 0 aliphatic carbocycles. The molecule has 7 nitrogen and oxygen atoms in total. The van der Waals surface area contributed by atoms with E-state index in [9.17, 15) is 4.39 Å². The molecule has 206 valence electrons. The maximum atomic E-state index is 14.0. The molecule has 1 aliphatic heterocycles. The molecule has 1 saturated heterocycles. The Kier molecular flexibility index (Phi) is 10.0. The van der Waals surface area contributed by atoms with Gasteiger partial charge in [0.15, 0.2) is 23.1 Å². The quantitative estimate of drug-likeness (QED) is 0.274. The van der Waals surface area contributed by atoms with Crippen molar-refractivity contribution in [3.63, 3.8) is 0 Å². The van der Waals surface area contributed by atoms with Crippen LogP contribution in [0.2, 0.25) is 0 Å². The van der Waals surface area contributed by atoms with Gasteiger partial charge in [-0.1, -0.05) is 25.1 Å². The van der Waals surface area contributed by atoms with Gasteiger partial charge in [-0.05, 0) is 62.1 Å². The van der Waals surface area contributed by atoms with Crippen LogP contribution in [0.3, 0.4) is 0 Å². The summed E-state index contributed by atoms with van der Waals surface area (Å²) < 4.78 is 39.7. The van der Waals surface area contributed by atoms with Gasteiger partial charge in [0.25, 0.3) is 0 Å². The number of aryl methyl sites for hydroxylation is 2. The molecular weight excluding hydrogens is 485 g/mol. The van der Waals surface area contributed by atoms with Crippen LogP contribution in [0.5, 0.6) is 17.2 Å². The van der Waals surface area contributed by atoms with E-state index in [4.69, 9.17) is 18.9 Å². The van der Waals surface area contributed by atoms with Crippen molar-refractivity contribution in [3.8, 4) is 17.2 Å². The van der Waals surface area contributed by atoms with Gasteiger partial charge in [0, 0.05) is 45.6 Å². The van der Waals surface area contributed by atoms with E-state index >= 15 is 0 Å². The zero-order valence-corrected chi connectivity index (χ0v) is 22.8. The minimum atomic E-state index is -0.432. The molecule has 0 saturated carbocycles. The number of ether oxygens (including phenoxy) is 4. The standard InChI is InChI=1S/C30H40FN3O4/c1-4-29-32-15-19-34(29)17-8-20-37-28-21-24(11-12-27(28)35-2)22-33-16-7-13-30(36-3,14-18-33)23-38-26-10-6-5-9-25(26)31/h5-6,9-12,15,19,21H,4,7-8,13-14,16-18,20,22-23H2,1-3H3/t30-/m1/s1. The fraction of sp³-hybridized carbons (Fsp3) is 0.500. The molecule has 38 heavy (non-hydrogen) atoms. The van der Waals surface area contributed by atoms with Crippen LogP contribution in [0.4, 0.5) is 4.39 Å². The summed E-state index contributed by atoms with van der Waals surface area (Å²) in [5, 5.41) is 0. The summed E-state index contributed by atoms with van der Waals surface area (Å²) in [5.41, 5.74) is 0.745. The molecule has 0 amide bonds. The van der Waals surface area contributed by atoms with Crippen molar-refractivity contribution in [2.24, 2.45) is 0 Å². The van der Waals surface area contributed by atoms with Crippen LogP contribution in [0.1, 0.15) is 44.0 Å². The molecule has 0 spiro atoms. The van der Waals surface area contributed by atoms with Gasteiger partial charge in [-0.15, -0.1) is 0 Å². The number of likely N-dealkylation sites (tertiary alicyclic amines) is 1. The number of methoxy groups -OCH3 is 2. The van der Waals surface area contributed by atoms with E-state index in [2.05, 4.69) is 33.5 Å². The van der Waals surface area contributed by atoms with Gasteiger partial charge in [-0.2, -0.15) is 0 Å². The summed E-state index contributed by atoms with van der Waals surface area (Å²) in [6.45, 7) is 6.55. The van der Waals surface area contributed by atoms with Crippen LogP contribution < -0.4 is 14.2 Å². The number of hydrogen-bond acceptors (Lipinski definition) is 6. The maximum absolute atomic E-state index is 14.0. The summed E-state index contributed by atoms with van der Waals surface area (Å²) in [6.07, 6.45) is 8.32. The highest BCUT2D eigenvalue weighted by Gasteiger charge is 2.34. The van der Waals surface area contributed by atoms with Crippen molar-refractivity contribution in [2.45, 2.75) is 57.7 Å². The second-order valence-electron chi connectivity index (χ2n) is 9.81. The predicted molar refractivity (Wildman–Crippen MR) is 145 cm³/mol. The number of benzene rings is 2. The number of rotatable bonds is 13. The Balaban J connectivity index is 1.31. The second-order valence-corrected chi connectivity index (χ2v) is 9.81. The first-order valence-corrected chi connectivity index (χ1v) is 13.5. The summed E-state index contributed by atoms with van der Waals surface area (Å²) in [5.74, 6) is 2.53. The molecule has 4 rings (SSSR count). The maximum Gasteiger partial charge on any atom is 0.165 e. The van der Waals surface area contributed by atoms with E-state index in [0.717, 1.165) is 75.6 Å². The first kappa shape index (κ1) is 27.9. The molecule has 0 radical (unpaired) electrons. The minimum Gasteiger partial charge on any atom is -0.493 e. The lowest BCUT2D eigenvalue weighted by Gasteiger charge is -2.31. The highest BCUT2D eigenvalue weighted by molar-refractivity contribution is 5.43. The average Bonchev–Trinajstić information content (AvgIpc) is 3.31. The average molecular weight is 526 g/mol. The van der Waals surface area contributed by atoms with E-state index in [0.29, 0.717) is 13.2 Å². The number of para-hydroxylation sites is 1. The lowest BCUT2D eigenvalue weighted by molar-refractivity contribution is -0.0548. The minimum absolute atomic E-state index is 0.270. The molecule has 1 atom stereocenters. The molecule has 0 N–H and O–H groups in total. The Morgan fingerprint density at radius 1 is 1.00 bits per heavy atom. The van der Waals surface area contributed by atoms with Crippen molar-refractivity contribution in [1.82, 2.24) is 14.5 Å². The second kappa shape index (κ2) is 13.6. The van der Waals surface area contributed by atoms with E-state index in [1.165, 1.54) is 11.6 Å². The first-order chi connectivity index (χ1) is 18.6. The molecule has 0 bridgehead atoms. The van der Waals surface area contributed by atoms with Crippen LogP contribution in [0.15, 0.2) is 54.9 Å². The molecule has 1 aromatic heterocycles. The molecule has 2 aromatic carbocycles. The van der Waals surface area contributed by atoms with Crippen molar-refractivity contribution in [3.05, 3.63) is 72.1 Å². The largest absolute Gasteiger partial charge is 0.493 e. The van der Waals surface area contributed by atoms with Crippen molar-refractivity contribution >= 4 is 0 Å². The van der Waals surface area contributed by atoms with E-state index in [1.54, 1.807) is 32.4 Å². The van der Waals surface area contributed by atoms with E-state index in [1.807, 2.05) is 18.5 Å². The summed E-state index contributed by atoms with van der Waals surface area (Å²) >= 11 is 0. The Morgan fingerprint density at radius 3 is 2.66 bits per heavy atom. The zero-order chi connectivity index (χ0) is 26.8. The number of nitrogens with zero attached hydrogens (tertiary/aromatic N) is 3. The lowest BCUT2D eigenvalue weighted by Crippen LogP contribution is -2.39. The van der Waals surface area contributed by atoms with Crippen LogP contribution in [0.25, 0.3) is 0 Å². The number of halogens is 1. The summed E-state index contributed by atoms with van der Waals surface area (Å²) in [4.78, 5) is 6.81. The van der Waals surface area contributed by atoms with Crippen LogP contribution in [0, 0.1) is 5.82 Å². The Hall–Kier alpha value is -3.10. The highest BCUT2D eigenvalue weighted by Crippen LogP contribution is 2.31. The number of hydrogen-bond donors (Lipinski definition) is 0. The third-order valence-electron chi connectivity index (χ3n) is 7.30. The monoisotopic (exact) mass is 525 g/mol. The summed E-state index contributed by atoms with van der Waals surface area (Å²) in [6, 6.07) is 12.7. The van der Waals surface area contributed by atoms with Gasteiger partial charge in [-0.25, -0.2) is 9.37 Å². The van der Waals surface area contributed by atoms with Crippen molar-refractivity contribution in [1.29, 1.82) is 0 Å². The Morgan fingerprint density at radius 2 is 1.87 bits per heavy atom. The zero-order valence-electron chi connectivity index (χ0n) is 22.8. The molecule has 1 fully saturated rings. The van der Waals surface area contributed by atoms with Crippen LogP contribution in [-0.2, 0) is 24.2 Å². The fourth-order valence-corrected chi connectivity index (χ4v) is 5.03. The van der Waals surface area contributed by atoms with Gasteiger partial charge in [0.2, 0.25) is 0 Å². The Labute approximate surface area is 225 Å². The van der Waals surface area contributed by atoms with Gasteiger partial charge in [-0.3, -0.25) is 4.90 Å². The van der Waals surface area contributed by atoms with E-state index in [-0.39, 0.29) is 11.6 Å². The van der Waals surface area contributed by atoms with Gasteiger partial charge in [0.05, 0.1) is 13.7 Å². The molecule has 0 unspecified atom stereocenters. The van der Waals surface area contributed by atoms with Gasteiger partial charge >= 0.3 is 0 Å². The fourth-order valence-electron chi connectivity index (χ4n) is 5.03. The highest BCUT2D eigenvalue weighted by atomic mass is 19.1. The topological polar surface area (TPSA) is 58.0 Å². The normalized spacial score (nSPS) is 18.2. The Bertz CT molecular complexity index is 1150. The smallest absolute Gasteiger partial charge is 0.165 e. The third kappa shape index (κ3) is 7.26.